The highest BCUT2D eigenvalue weighted by Gasteiger charge is 2.36. The number of rotatable bonds is 4. The molecule has 3 aromatic rings. The van der Waals surface area contributed by atoms with E-state index in [2.05, 4.69) is 10.1 Å². The number of aromatic nitrogens is 2. The fourth-order valence-corrected chi connectivity index (χ4v) is 3.28. The second-order valence-electron chi connectivity index (χ2n) is 6.19. The van der Waals surface area contributed by atoms with Crippen LogP contribution in [0.5, 0.6) is 5.75 Å². The van der Waals surface area contributed by atoms with Crippen LogP contribution in [0.4, 0.5) is 10.1 Å². The molecule has 1 atom stereocenters. The molecule has 0 saturated carbocycles. The molecule has 6 nitrogen and oxygen atoms in total. The molecule has 0 spiro atoms. The van der Waals surface area contributed by atoms with E-state index in [1.807, 2.05) is 12.1 Å². The minimum absolute atomic E-state index is 0.170. The molecular formula is C19H15ClFN3O3. The van der Waals surface area contributed by atoms with Crippen LogP contribution in [0.15, 0.2) is 47.0 Å². The minimum atomic E-state index is -0.453. The number of anilines is 1. The quantitative estimate of drug-likeness (QED) is 0.675. The molecule has 1 amide bonds. The van der Waals surface area contributed by atoms with E-state index in [0.717, 1.165) is 11.3 Å². The highest BCUT2D eigenvalue weighted by Crippen LogP contribution is 2.35. The Labute approximate surface area is 159 Å². The van der Waals surface area contributed by atoms with Crippen molar-refractivity contribution in [3.05, 3.63) is 59.2 Å². The third-order valence-electron chi connectivity index (χ3n) is 4.46. The third kappa shape index (κ3) is 3.38. The van der Waals surface area contributed by atoms with Crippen molar-refractivity contribution in [2.45, 2.75) is 12.3 Å². The van der Waals surface area contributed by atoms with Crippen molar-refractivity contribution < 1.29 is 18.4 Å². The summed E-state index contributed by atoms with van der Waals surface area (Å²) in [5, 5.41) is 4.31. The molecule has 1 saturated heterocycles. The van der Waals surface area contributed by atoms with Gasteiger partial charge in [0.1, 0.15) is 11.6 Å². The molecule has 0 aliphatic carbocycles. The number of methoxy groups -OCH3 is 1. The van der Waals surface area contributed by atoms with Gasteiger partial charge < -0.3 is 14.2 Å². The van der Waals surface area contributed by atoms with Gasteiger partial charge in [0.05, 0.1) is 23.7 Å². The smallest absolute Gasteiger partial charge is 0.232 e. The van der Waals surface area contributed by atoms with Gasteiger partial charge in [-0.3, -0.25) is 4.79 Å². The molecule has 0 radical (unpaired) electrons. The Bertz CT molecular complexity index is 990. The molecule has 1 unspecified atom stereocenters. The number of carbonyl (C=O) groups excluding carboxylic acids is 1. The lowest BCUT2D eigenvalue weighted by molar-refractivity contribution is -0.117. The van der Waals surface area contributed by atoms with Crippen molar-refractivity contribution in [3.8, 4) is 17.1 Å². The van der Waals surface area contributed by atoms with Crippen molar-refractivity contribution in [2.24, 2.45) is 0 Å². The number of amides is 1. The van der Waals surface area contributed by atoms with Gasteiger partial charge >= 0.3 is 0 Å². The molecule has 2 aromatic carbocycles. The number of ether oxygens (including phenoxy) is 1. The largest absolute Gasteiger partial charge is 0.497 e. The van der Waals surface area contributed by atoms with Crippen LogP contribution in [0.3, 0.4) is 0 Å². The van der Waals surface area contributed by atoms with E-state index in [1.54, 1.807) is 19.2 Å². The maximum absolute atomic E-state index is 13.5. The molecule has 1 fully saturated rings. The molecule has 0 N–H and O–H groups in total. The fraction of sp³-hybridized carbons (Fsp3) is 0.211. The molecule has 1 aliphatic heterocycles. The number of hydrogen-bond acceptors (Lipinski definition) is 5. The molecule has 2 heterocycles. The van der Waals surface area contributed by atoms with Crippen LogP contribution in [0, 0.1) is 5.82 Å². The lowest BCUT2D eigenvalue weighted by Gasteiger charge is -2.17. The zero-order valence-corrected chi connectivity index (χ0v) is 15.1. The first-order valence-corrected chi connectivity index (χ1v) is 8.66. The number of nitrogens with zero attached hydrogens (tertiary/aromatic N) is 3. The molecule has 0 bridgehead atoms. The molecule has 4 rings (SSSR count). The van der Waals surface area contributed by atoms with E-state index in [0.29, 0.717) is 29.0 Å². The van der Waals surface area contributed by atoms with Gasteiger partial charge in [-0.05, 0) is 42.5 Å². The summed E-state index contributed by atoms with van der Waals surface area (Å²) in [6.07, 6.45) is 0.192. The Kier molecular flexibility index (Phi) is 4.53. The maximum atomic E-state index is 13.5. The van der Waals surface area contributed by atoms with Gasteiger partial charge in [0.25, 0.3) is 0 Å². The first-order valence-electron chi connectivity index (χ1n) is 8.28. The Balaban J connectivity index is 1.56. The van der Waals surface area contributed by atoms with Crippen molar-refractivity contribution in [1.82, 2.24) is 10.1 Å². The summed E-state index contributed by atoms with van der Waals surface area (Å²) in [6.45, 7) is 0.298. The average molecular weight is 388 g/mol. The van der Waals surface area contributed by atoms with Gasteiger partial charge in [-0.25, -0.2) is 4.39 Å². The summed E-state index contributed by atoms with van der Waals surface area (Å²) in [5.74, 6) is 0.622. The third-order valence-corrected chi connectivity index (χ3v) is 4.78. The zero-order chi connectivity index (χ0) is 19.0. The second-order valence-corrected chi connectivity index (χ2v) is 6.59. The predicted molar refractivity (Wildman–Crippen MR) is 97.4 cm³/mol. The van der Waals surface area contributed by atoms with Gasteiger partial charge in [-0.15, -0.1) is 0 Å². The molecule has 1 aliphatic rings. The van der Waals surface area contributed by atoms with Crippen molar-refractivity contribution >= 4 is 23.2 Å². The zero-order valence-electron chi connectivity index (χ0n) is 14.4. The molecule has 27 heavy (non-hydrogen) atoms. The highest BCUT2D eigenvalue weighted by molar-refractivity contribution is 6.33. The fourth-order valence-electron chi connectivity index (χ4n) is 3.06. The van der Waals surface area contributed by atoms with Gasteiger partial charge in [-0.2, -0.15) is 4.98 Å². The maximum Gasteiger partial charge on any atom is 0.232 e. The van der Waals surface area contributed by atoms with Crippen molar-refractivity contribution in [1.29, 1.82) is 0 Å². The van der Waals surface area contributed by atoms with Crippen molar-refractivity contribution in [3.63, 3.8) is 0 Å². The highest BCUT2D eigenvalue weighted by atomic mass is 35.5. The van der Waals surface area contributed by atoms with Gasteiger partial charge in [0.2, 0.25) is 17.6 Å². The number of hydrogen-bond donors (Lipinski definition) is 0. The summed E-state index contributed by atoms with van der Waals surface area (Å²) in [4.78, 5) is 18.3. The first kappa shape index (κ1) is 17.5. The van der Waals surface area contributed by atoms with E-state index >= 15 is 0 Å². The number of benzene rings is 2. The van der Waals surface area contributed by atoms with E-state index in [4.69, 9.17) is 20.9 Å². The minimum Gasteiger partial charge on any atom is -0.497 e. The summed E-state index contributed by atoms with van der Waals surface area (Å²) in [6, 6.07) is 11.2. The first-order chi connectivity index (χ1) is 13.0. The van der Waals surface area contributed by atoms with Crippen LogP contribution in [-0.2, 0) is 4.79 Å². The monoisotopic (exact) mass is 387 g/mol. The van der Waals surface area contributed by atoms with Gasteiger partial charge in [0.15, 0.2) is 0 Å². The summed E-state index contributed by atoms with van der Waals surface area (Å²) >= 11 is 6.12. The summed E-state index contributed by atoms with van der Waals surface area (Å²) in [7, 11) is 1.59. The standard InChI is InChI=1S/C19H15ClFN3O3/c1-26-14-5-2-11(3-6-14)18-22-19(27-23-18)12-8-17(25)24(10-12)16-9-13(21)4-7-15(16)20/h2-7,9,12H,8,10H2,1H3. The average Bonchev–Trinajstić information content (AvgIpc) is 3.31. The SMILES string of the molecule is COc1ccc(-c2noc(C3CC(=O)N(c4cc(F)ccc4Cl)C3)n2)cc1. The lowest BCUT2D eigenvalue weighted by atomic mass is 10.1. The Morgan fingerprint density at radius 2 is 2.04 bits per heavy atom. The Hall–Kier alpha value is -2.93. The Morgan fingerprint density at radius 3 is 2.78 bits per heavy atom. The summed E-state index contributed by atoms with van der Waals surface area (Å²) < 4.78 is 24.0. The molecule has 8 heteroatoms. The van der Waals surface area contributed by atoms with E-state index in [9.17, 15) is 9.18 Å². The van der Waals surface area contributed by atoms with Crippen LogP contribution >= 0.6 is 11.6 Å². The van der Waals surface area contributed by atoms with Gasteiger partial charge in [0, 0.05) is 18.5 Å². The number of halogens is 2. The molecular weight excluding hydrogens is 373 g/mol. The van der Waals surface area contributed by atoms with Crippen LogP contribution in [0.25, 0.3) is 11.4 Å². The van der Waals surface area contributed by atoms with E-state index in [-0.39, 0.29) is 18.2 Å². The van der Waals surface area contributed by atoms with Gasteiger partial charge in [-0.1, -0.05) is 16.8 Å². The van der Waals surface area contributed by atoms with E-state index < -0.39 is 5.82 Å². The van der Waals surface area contributed by atoms with Crippen LogP contribution < -0.4 is 9.64 Å². The Morgan fingerprint density at radius 1 is 1.26 bits per heavy atom. The van der Waals surface area contributed by atoms with Crippen LogP contribution in [0.2, 0.25) is 5.02 Å². The topological polar surface area (TPSA) is 68.5 Å². The summed E-state index contributed by atoms with van der Waals surface area (Å²) in [5.41, 5.74) is 1.12. The van der Waals surface area contributed by atoms with Crippen LogP contribution in [-0.4, -0.2) is 29.7 Å². The van der Waals surface area contributed by atoms with E-state index in [1.165, 1.54) is 23.1 Å². The lowest BCUT2D eigenvalue weighted by Crippen LogP contribution is -2.24. The molecule has 138 valence electrons. The van der Waals surface area contributed by atoms with Crippen molar-refractivity contribution in [2.75, 3.05) is 18.6 Å². The predicted octanol–water partition coefficient (Wildman–Crippen LogP) is 4.06. The molecule has 1 aromatic heterocycles. The number of carbonyl (C=O) groups is 1. The van der Waals surface area contributed by atoms with Crippen LogP contribution in [0.1, 0.15) is 18.2 Å². The normalized spacial score (nSPS) is 16.8. The second kappa shape index (κ2) is 7.00.